The van der Waals surface area contributed by atoms with Crippen LogP contribution < -0.4 is 10.2 Å². The number of rotatable bonds is 8. The van der Waals surface area contributed by atoms with Crippen molar-refractivity contribution in [1.29, 1.82) is 0 Å². The Kier molecular flexibility index (Phi) is 7.06. The highest BCUT2D eigenvalue weighted by molar-refractivity contribution is 5.77. The molecule has 0 aromatic heterocycles. The van der Waals surface area contributed by atoms with Crippen molar-refractivity contribution in [1.82, 2.24) is 10.2 Å². The zero-order chi connectivity index (χ0) is 19.9. The highest BCUT2D eigenvalue weighted by atomic mass is 16.5. The predicted octanol–water partition coefficient (Wildman–Crippen LogP) is 3.00. The minimum absolute atomic E-state index is 0.0610. The molecule has 3 rings (SSSR count). The van der Waals surface area contributed by atoms with Crippen LogP contribution in [0.3, 0.4) is 0 Å². The number of fused-ring (bicyclic) bond motifs is 1. The van der Waals surface area contributed by atoms with E-state index in [0.717, 1.165) is 19.5 Å². The lowest BCUT2D eigenvalue weighted by molar-refractivity contribution is -0.125. The Bertz CT molecular complexity index is 774. The van der Waals surface area contributed by atoms with Gasteiger partial charge in [-0.1, -0.05) is 36.4 Å². The number of hydrogen-bond donors (Lipinski definition) is 1. The molecule has 0 aliphatic carbocycles. The number of anilines is 1. The summed E-state index contributed by atoms with van der Waals surface area (Å²) < 4.78 is 5.24. The first-order valence-corrected chi connectivity index (χ1v) is 10.0. The second kappa shape index (κ2) is 9.71. The third kappa shape index (κ3) is 5.12. The molecule has 2 aromatic carbocycles. The maximum atomic E-state index is 12.1. The van der Waals surface area contributed by atoms with Crippen molar-refractivity contribution < 1.29 is 9.53 Å². The van der Waals surface area contributed by atoms with Gasteiger partial charge in [0.05, 0.1) is 6.04 Å². The topological polar surface area (TPSA) is 44.8 Å². The number of carbonyl (C=O) groups is 1. The van der Waals surface area contributed by atoms with E-state index in [1.165, 1.54) is 22.4 Å². The van der Waals surface area contributed by atoms with Crippen molar-refractivity contribution in [2.24, 2.45) is 0 Å². The van der Waals surface area contributed by atoms with Crippen LogP contribution in [0.1, 0.15) is 29.7 Å². The van der Waals surface area contributed by atoms with Crippen molar-refractivity contribution in [2.45, 2.75) is 25.9 Å². The van der Waals surface area contributed by atoms with Crippen LogP contribution in [0.25, 0.3) is 0 Å². The summed E-state index contributed by atoms with van der Waals surface area (Å²) in [7, 11) is 4.09. The summed E-state index contributed by atoms with van der Waals surface area (Å²) in [6.45, 7) is 5.02. The molecule has 1 heterocycles. The first-order chi connectivity index (χ1) is 13.6. The molecule has 1 atom stereocenters. The Morgan fingerprint density at radius 2 is 1.86 bits per heavy atom. The maximum absolute atomic E-state index is 12.1. The zero-order valence-electron chi connectivity index (χ0n) is 17.1. The first-order valence-electron chi connectivity index (χ1n) is 10.0. The Hall–Kier alpha value is -2.37. The van der Waals surface area contributed by atoms with Gasteiger partial charge >= 0.3 is 0 Å². The summed E-state index contributed by atoms with van der Waals surface area (Å²) >= 11 is 0. The van der Waals surface area contributed by atoms with Gasteiger partial charge in [-0.2, -0.15) is 0 Å². The molecule has 0 bridgehead atoms. The van der Waals surface area contributed by atoms with Gasteiger partial charge in [0.25, 0.3) is 0 Å². The fraction of sp³-hybridized carbons (Fsp3) is 0.435. The van der Waals surface area contributed by atoms with Crippen molar-refractivity contribution in [3.05, 3.63) is 65.2 Å². The third-order valence-corrected chi connectivity index (χ3v) is 5.33. The van der Waals surface area contributed by atoms with Crippen LogP contribution in [0, 0.1) is 0 Å². The Labute approximate surface area is 168 Å². The lowest BCUT2D eigenvalue weighted by Gasteiger charge is -2.36. The number of amides is 1. The van der Waals surface area contributed by atoms with Crippen LogP contribution in [0.2, 0.25) is 0 Å². The van der Waals surface area contributed by atoms with Gasteiger partial charge in [0.15, 0.2) is 0 Å². The molecule has 0 radical (unpaired) electrons. The molecular weight excluding hydrogens is 350 g/mol. The molecule has 2 aromatic rings. The van der Waals surface area contributed by atoms with E-state index in [1.54, 1.807) is 0 Å². The Balaban J connectivity index is 1.77. The number of hydrogen-bond acceptors (Lipinski definition) is 4. The molecule has 1 N–H and O–H groups in total. The smallest absolute Gasteiger partial charge is 0.246 e. The lowest BCUT2D eigenvalue weighted by Crippen LogP contribution is -2.41. The average molecular weight is 382 g/mol. The monoisotopic (exact) mass is 381 g/mol. The van der Waals surface area contributed by atoms with Crippen molar-refractivity contribution in [2.75, 3.05) is 45.3 Å². The van der Waals surface area contributed by atoms with E-state index in [2.05, 4.69) is 63.6 Å². The molecule has 1 amide bonds. The van der Waals surface area contributed by atoms with Gasteiger partial charge in [-0.05, 0) is 42.2 Å². The summed E-state index contributed by atoms with van der Waals surface area (Å²) in [4.78, 5) is 16.7. The SMILES string of the molecule is CCOCC(=O)NC[C@@H](c1ccc(N(C)C)cc1)N1CCc2ccccc2C1. The molecule has 5 heteroatoms. The van der Waals surface area contributed by atoms with Crippen LogP contribution in [0.15, 0.2) is 48.5 Å². The molecule has 0 fully saturated rings. The van der Waals surface area contributed by atoms with E-state index in [9.17, 15) is 4.79 Å². The quantitative estimate of drug-likeness (QED) is 0.764. The Morgan fingerprint density at radius 3 is 2.54 bits per heavy atom. The number of ether oxygens (including phenoxy) is 1. The summed E-state index contributed by atoms with van der Waals surface area (Å²) in [5.41, 5.74) is 5.21. The fourth-order valence-electron chi connectivity index (χ4n) is 3.69. The second-order valence-corrected chi connectivity index (χ2v) is 7.43. The first kappa shape index (κ1) is 20.4. The maximum Gasteiger partial charge on any atom is 0.246 e. The standard InChI is InChI=1S/C23H31N3O2/c1-4-28-17-23(27)24-15-22(19-9-11-21(12-10-19)25(2)3)26-14-13-18-7-5-6-8-20(18)16-26/h5-12,22H,4,13-17H2,1-3H3,(H,24,27)/t22-/m0/s1. The third-order valence-electron chi connectivity index (χ3n) is 5.33. The van der Waals surface area contributed by atoms with E-state index in [4.69, 9.17) is 4.74 Å². The summed E-state index contributed by atoms with van der Waals surface area (Å²) in [5.74, 6) is -0.0610. The molecule has 0 unspecified atom stereocenters. The Morgan fingerprint density at radius 1 is 1.14 bits per heavy atom. The van der Waals surface area contributed by atoms with E-state index < -0.39 is 0 Å². The highest BCUT2D eigenvalue weighted by Crippen LogP contribution is 2.28. The van der Waals surface area contributed by atoms with Gasteiger partial charge in [0.1, 0.15) is 6.61 Å². The van der Waals surface area contributed by atoms with Gasteiger partial charge in [-0.3, -0.25) is 9.69 Å². The number of benzene rings is 2. The van der Waals surface area contributed by atoms with Crippen molar-refractivity contribution in [3.63, 3.8) is 0 Å². The van der Waals surface area contributed by atoms with Gasteiger partial charge in [-0.25, -0.2) is 0 Å². The number of nitrogens with one attached hydrogen (secondary N) is 1. The minimum Gasteiger partial charge on any atom is -0.378 e. The molecule has 0 saturated carbocycles. The van der Waals surface area contributed by atoms with Crippen LogP contribution in [-0.4, -0.2) is 51.2 Å². The van der Waals surface area contributed by atoms with E-state index >= 15 is 0 Å². The van der Waals surface area contributed by atoms with Crippen molar-refractivity contribution >= 4 is 11.6 Å². The van der Waals surface area contributed by atoms with Crippen LogP contribution in [0.4, 0.5) is 5.69 Å². The van der Waals surface area contributed by atoms with E-state index in [-0.39, 0.29) is 18.6 Å². The van der Waals surface area contributed by atoms with Crippen molar-refractivity contribution in [3.8, 4) is 0 Å². The minimum atomic E-state index is -0.0610. The van der Waals surface area contributed by atoms with Gasteiger partial charge in [0, 0.05) is 46.0 Å². The molecule has 1 aliphatic heterocycles. The number of carbonyl (C=O) groups excluding carboxylic acids is 1. The molecule has 1 aliphatic rings. The summed E-state index contributed by atoms with van der Waals surface area (Å²) in [6, 6.07) is 17.4. The zero-order valence-corrected chi connectivity index (χ0v) is 17.1. The average Bonchev–Trinajstić information content (AvgIpc) is 2.72. The highest BCUT2D eigenvalue weighted by Gasteiger charge is 2.25. The molecular formula is C23H31N3O2. The molecule has 0 spiro atoms. The van der Waals surface area contributed by atoms with Gasteiger partial charge in [-0.15, -0.1) is 0 Å². The van der Waals surface area contributed by atoms with Crippen LogP contribution >= 0.6 is 0 Å². The second-order valence-electron chi connectivity index (χ2n) is 7.43. The molecule has 0 saturated heterocycles. The lowest BCUT2D eigenvalue weighted by atomic mass is 9.96. The molecule has 150 valence electrons. The van der Waals surface area contributed by atoms with Gasteiger partial charge < -0.3 is 15.0 Å². The van der Waals surface area contributed by atoms with Crippen LogP contribution in [-0.2, 0) is 22.5 Å². The van der Waals surface area contributed by atoms with E-state index in [0.29, 0.717) is 13.2 Å². The molecule has 5 nitrogen and oxygen atoms in total. The summed E-state index contributed by atoms with van der Waals surface area (Å²) in [5, 5.41) is 3.06. The number of nitrogens with zero attached hydrogens (tertiary/aromatic N) is 2. The summed E-state index contributed by atoms with van der Waals surface area (Å²) in [6.07, 6.45) is 1.04. The predicted molar refractivity (Wildman–Crippen MR) is 114 cm³/mol. The largest absolute Gasteiger partial charge is 0.378 e. The normalized spacial score (nSPS) is 15.0. The molecule has 28 heavy (non-hydrogen) atoms. The van der Waals surface area contributed by atoms with Crippen LogP contribution in [0.5, 0.6) is 0 Å². The van der Waals surface area contributed by atoms with Gasteiger partial charge in [0.2, 0.25) is 5.91 Å². The van der Waals surface area contributed by atoms with E-state index in [1.807, 2.05) is 21.0 Å². The fourth-order valence-corrected chi connectivity index (χ4v) is 3.69.